The number of carbonyl (C=O) groups excluding carboxylic acids is 3. The molecule has 2 aromatic rings. The number of carbonyl (C=O) groups is 3. The maximum atomic E-state index is 12.0. The summed E-state index contributed by atoms with van der Waals surface area (Å²) in [6, 6.07) is 15.0. The van der Waals surface area contributed by atoms with E-state index in [0.717, 1.165) is 0 Å². The van der Waals surface area contributed by atoms with E-state index >= 15 is 0 Å². The van der Waals surface area contributed by atoms with Gasteiger partial charge in [-0.15, -0.1) is 0 Å². The van der Waals surface area contributed by atoms with E-state index in [1.54, 1.807) is 42.5 Å². The van der Waals surface area contributed by atoms with Crippen LogP contribution in [0.15, 0.2) is 53.6 Å². The fourth-order valence-corrected chi connectivity index (χ4v) is 2.23. The van der Waals surface area contributed by atoms with Crippen molar-refractivity contribution in [1.82, 2.24) is 5.43 Å². The van der Waals surface area contributed by atoms with E-state index in [-0.39, 0.29) is 12.3 Å². The van der Waals surface area contributed by atoms with Gasteiger partial charge >= 0.3 is 11.8 Å². The summed E-state index contributed by atoms with van der Waals surface area (Å²) in [5.41, 5.74) is 3.68. The number of hydrogen-bond donors (Lipinski definition) is 3. The molecule has 2 rings (SSSR count). The first kappa shape index (κ1) is 21.1. The van der Waals surface area contributed by atoms with E-state index in [9.17, 15) is 14.4 Å². The summed E-state index contributed by atoms with van der Waals surface area (Å²) in [6.07, 6.45) is -0.103. The van der Waals surface area contributed by atoms with Gasteiger partial charge in [0.2, 0.25) is 5.91 Å². The molecular formula is C20H19N5O4. The molecule has 0 bridgehead atoms. The smallest absolute Gasteiger partial charge is 0.329 e. The Morgan fingerprint density at radius 1 is 1.03 bits per heavy atom. The van der Waals surface area contributed by atoms with Crippen molar-refractivity contribution in [2.45, 2.75) is 13.3 Å². The van der Waals surface area contributed by atoms with Gasteiger partial charge in [-0.2, -0.15) is 10.4 Å². The second-order valence-electron chi connectivity index (χ2n) is 5.89. The predicted octanol–water partition coefficient (Wildman–Crippen LogP) is 2.03. The molecule has 3 amide bonds. The summed E-state index contributed by atoms with van der Waals surface area (Å²) in [5.74, 6) is -1.73. The van der Waals surface area contributed by atoms with Crippen LogP contribution in [0.5, 0.6) is 5.75 Å². The number of hydrazone groups is 1. The first-order valence-corrected chi connectivity index (χ1v) is 8.50. The summed E-state index contributed by atoms with van der Waals surface area (Å²) < 4.78 is 5.04. The predicted molar refractivity (Wildman–Crippen MR) is 107 cm³/mol. The molecule has 0 aliphatic heterocycles. The Bertz CT molecular complexity index is 994. The van der Waals surface area contributed by atoms with Gasteiger partial charge in [-0.3, -0.25) is 14.4 Å². The molecule has 29 heavy (non-hydrogen) atoms. The largest absolute Gasteiger partial charge is 0.497 e. The summed E-state index contributed by atoms with van der Waals surface area (Å²) in [4.78, 5) is 35.8. The number of ether oxygens (including phenoxy) is 1. The van der Waals surface area contributed by atoms with E-state index in [1.807, 2.05) is 6.07 Å². The Labute approximate surface area is 167 Å². The fourth-order valence-electron chi connectivity index (χ4n) is 2.23. The number of benzene rings is 2. The van der Waals surface area contributed by atoms with E-state index in [2.05, 4.69) is 21.2 Å². The molecule has 0 saturated carbocycles. The molecule has 0 atom stereocenters. The van der Waals surface area contributed by atoms with Crippen LogP contribution in [0.3, 0.4) is 0 Å². The van der Waals surface area contributed by atoms with Crippen LogP contribution in [-0.2, 0) is 14.4 Å². The normalized spacial score (nSPS) is 10.4. The topological polar surface area (TPSA) is 133 Å². The molecule has 0 radical (unpaired) electrons. The first-order valence-electron chi connectivity index (χ1n) is 8.50. The van der Waals surface area contributed by atoms with Crippen LogP contribution >= 0.6 is 0 Å². The Balaban J connectivity index is 1.85. The van der Waals surface area contributed by atoms with Gasteiger partial charge in [0.25, 0.3) is 0 Å². The number of nitriles is 1. The van der Waals surface area contributed by atoms with Crippen LogP contribution in [0.2, 0.25) is 0 Å². The number of anilines is 2. The molecule has 0 unspecified atom stereocenters. The van der Waals surface area contributed by atoms with Gasteiger partial charge in [0.15, 0.2) is 0 Å². The number of rotatable bonds is 6. The molecule has 2 aromatic carbocycles. The average Bonchev–Trinajstić information content (AvgIpc) is 2.72. The van der Waals surface area contributed by atoms with Gasteiger partial charge in [-0.25, -0.2) is 5.43 Å². The second-order valence-corrected chi connectivity index (χ2v) is 5.89. The zero-order valence-electron chi connectivity index (χ0n) is 15.9. The average molecular weight is 393 g/mol. The van der Waals surface area contributed by atoms with Crippen LogP contribution in [-0.4, -0.2) is 30.5 Å². The fraction of sp³-hybridized carbons (Fsp3) is 0.150. The third kappa shape index (κ3) is 6.80. The minimum Gasteiger partial charge on any atom is -0.497 e. The van der Waals surface area contributed by atoms with Crippen LogP contribution in [0.25, 0.3) is 0 Å². The monoisotopic (exact) mass is 393 g/mol. The third-order valence-electron chi connectivity index (χ3n) is 3.57. The van der Waals surface area contributed by atoms with Crippen LogP contribution in [0.4, 0.5) is 11.4 Å². The van der Waals surface area contributed by atoms with Crippen molar-refractivity contribution in [2.75, 3.05) is 17.7 Å². The summed E-state index contributed by atoms with van der Waals surface area (Å²) in [6.45, 7) is 1.53. The molecule has 148 valence electrons. The highest BCUT2D eigenvalue weighted by atomic mass is 16.5. The molecule has 0 aliphatic rings. The van der Waals surface area contributed by atoms with Crippen LogP contribution in [0, 0.1) is 11.3 Å². The number of methoxy groups -OCH3 is 1. The lowest BCUT2D eigenvalue weighted by molar-refractivity contribution is -0.136. The number of nitrogens with zero attached hydrogens (tertiary/aromatic N) is 2. The van der Waals surface area contributed by atoms with Crippen LogP contribution in [0.1, 0.15) is 18.9 Å². The zero-order valence-corrected chi connectivity index (χ0v) is 15.9. The van der Waals surface area contributed by atoms with Crippen molar-refractivity contribution in [3.63, 3.8) is 0 Å². The Hall–Kier alpha value is -4.19. The summed E-state index contributed by atoms with van der Waals surface area (Å²) >= 11 is 0. The Kier molecular flexibility index (Phi) is 7.44. The van der Waals surface area contributed by atoms with E-state index < -0.39 is 11.8 Å². The Morgan fingerprint density at radius 3 is 2.41 bits per heavy atom. The summed E-state index contributed by atoms with van der Waals surface area (Å²) in [7, 11) is 1.49. The van der Waals surface area contributed by atoms with Crippen molar-refractivity contribution in [3.05, 3.63) is 54.1 Å². The molecular weight excluding hydrogens is 374 g/mol. The van der Waals surface area contributed by atoms with Crippen LogP contribution < -0.4 is 20.8 Å². The SMILES string of the molecule is COc1cccc(NC(=O)C(=O)N/N=C(\C)CC(=O)Nc2cccc(C#N)c2)c1. The van der Waals surface area contributed by atoms with Gasteiger partial charge in [-0.05, 0) is 37.3 Å². The van der Waals surface area contributed by atoms with E-state index in [4.69, 9.17) is 10.00 Å². The van der Waals surface area contributed by atoms with Gasteiger partial charge in [0, 0.05) is 23.2 Å². The zero-order chi connectivity index (χ0) is 21.2. The quantitative estimate of drug-likeness (QED) is 0.392. The minimum atomic E-state index is -0.978. The van der Waals surface area contributed by atoms with Gasteiger partial charge < -0.3 is 15.4 Å². The number of hydrogen-bond acceptors (Lipinski definition) is 6. The first-order chi connectivity index (χ1) is 13.9. The number of amides is 3. The van der Waals surface area contributed by atoms with E-state index in [0.29, 0.717) is 28.4 Å². The third-order valence-corrected chi connectivity index (χ3v) is 3.57. The van der Waals surface area contributed by atoms with Crippen molar-refractivity contribution in [2.24, 2.45) is 5.10 Å². The lowest BCUT2D eigenvalue weighted by Crippen LogP contribution is -2.33. The highest BCUT2D eigenvalue weighted by molar-refractivity contribution is 6.39. The van der Waals surface area contributed by atoms with Crippen molar-refractivity contribution in [3.8, 4) is 11.8 Å². The standard InChI is InChI=1S/C20H19N5O4/c1-13(9-18(26)22-15-6-3-5-14(10-15)12-21)24-25-20(28)19(27)23-16-7-4-8-17(11-16)29-2/h3-8,10-11H,9H2,1-2H3,(H,22,26)(H,23,27)(H,25,28)/b24-13+. The highest BCUT2D eigenvalue weighted by Gasteiger charge is 2.14. The maximum Gasteiger partial charge on any atom is 0.329 e. The van der Waals surface area contributed by atoms with Crippen molar-refractivity contribution >= 4 is 34.8 Å². The molecule has 0 spiro atoms. The second kappa shape index (κ2) is 10.2. The molecule has 0 heterocycles. The highest BCUT2D eigenvalue weighted by Crippen LogP contribution is 2.16. The maximum absolute atomic E-state index is 12.0. The minimum absolute atomic E-state index is 0.103. The molecule has 0 aromatic heterocycles. The Morgan fingerprint density at radius 2 is 1.72 bits per heavy atom. The van der Waals surface area contributed by atoms with E-state index in [1.165, 1.54) is 20.1 Å². The number of nitrogens with one attached hydrogen (secondary N) is 3. The molecule has 0 aliphatic carbocycles. The van der Waals surface area contributed by atoms with Gasteiger partial charge in [-0.1, -0.05) is 12.1 Å². The molecule has 9 heteroatoms. The van der Waals surface area contributed by atoms with Crippen molar-refractivity contribution in [1.29, 1.82) is 5.26 Å². The summed E-state index contributed by atoms with van der Waals surface area (Å²) in [5, 5.41) is 17.7. The molecule has 9 nitrogen and oxygen atoms in total. The van der Waals surface area contributed by atoms with Gasteiger partial charge in [0.1, 0.15) is 5.75 Å². The lowest BCUT2D eigenvalue weighted by Gasteiger charge is -2.07. The van der Waals surface area contributed by atoms with Crippen molar-refractivity contribution < 1.29 is 19.1 Å². The molecule has 0 fully saturated rings. The lowest BCUT2D eigenvalue weighted by atomic mass is 10.2. The van der Waals surface area contributed by atoms with Gasteiger partial charge in [0.05, 0.1) is 25.2 Å². The molecule has 0 saturated heterocycles. The molecule has 3 N–H and O–H groups in total.